The van der Waals surface area contributed by atoms with E-state index in [1.54, 1.807) is 30.3 Å². The van der Waals surface area contributed by atoms with Crippen molar-refractivity contribution in [2.75, 3.05) is 20.8 Å². The zero-order valence-electron chi connectivity index (χ0n) is 14.7. The molecule has 1 aromatic rings. The predicted molar refractivity (Wildman–Crippen MR) is 87.1 cm³/mol. The van der Waals surface area contributed by atoms with E-state index < -0.39 is 23.4 Å². The normalized spacial score (nSPS) is 25.7. The molecule has 0 aromatic heterocycles. The third kappa shape index (κ3) is 2.45. The maximum Gasteiger partial charge on any atom is 0.376 e. The van der Waals surface area contributed by atoms with Crippen LogP contribution in [0.1, 0.15) is 18.9 Å². The largest absolute Gasteiger partial charge is 0.465 e. The molecule has 3 rings (SSSR count). The highest BCUT2D eigenvalue weighted by Gasteiger charge is 2.64. The number of methoxy groups -OCH3 is 2. The van der Waals surface area contributed by atoms with Gasteiger partial charge in [0.1, 0.15) is 5.57 Å². The Hall–Kier alpha value is -2.87. The van der Waals surface area contributed by atoms with Gasteiger partial charge < -0.3 is 19.0 Å². The third-order valence-electron chi connectivity index (χ3n) is 4.53. The molecule has 26 heavy (non-hydrogen) atoms. The molecule has 0 bridgehead atoms. The molecule has 8 heteroatoms. The van der Waals surface area contributed by atoms with Crippen molar-refractivity contribution in [1.29, 1.82) is 0 Å². The van der Waals surface area contributed by atoms with Gasteiger partial charge in [-0.15, -0.1) is 5.06 Å². The number of hydroxylamine groups is 2. The summed E-state index contributed by atoms with van der Waals surface area (Å²) < 4.78 is 15.0. The quantitative estimate of drug-likeness (QED) is 0.583. The molecule has 8 nitrogen and oxygen atoms in total. The number of esters is 3. The summed E-state index contributed by atoms with van der Waals surface area (Å²) in [6.45, 7) is 1.98. The van der Waals surface area contributed by atoms with Crippen LogP contribution in [0.2, 0.25) is 0 Å². The third-order valence-corrected chi connectivity index (χ3v) is 4.53. The fourth-order valence-electron chi connectivity index (χ4n) is 3.29. The van der Waals surface area contributed by atoms with Gasteiger partial charge in [-0.2, -0.15) is 0 Å². The molecule has 1 aromatic carbocycles. The Kier molecular flexibility index (Phi) is 4.69. The number of hydrogen-bond acceptors (Lipinski definition) is 8. The molecule has 2 aliphatic heterocycles. The second-order valence-electron chi connectivity index (χ2n) is 5.95. The van der Waals surface area contributed by atoms with Crippen molar-refractivity contribution in [2.24, 2.45) is 0 Å². The molecular formula is C18H19NO7. The zero-order valence-corrected chi connectivity index (χ0v) is 14.7. The topological polar surface area (TPSA) is 91.4 Å². The van der Waals surface area contributed by atoms with Crippen molar-refractivity contribution in [2.45, 2.75) is 24.9 Å². The van der Waals surface area contributed by atoms with Gasteiger partial charge in [-0.25, -0.2) is 14.4 Å². The number of cyclic esters (lactones) is 1. The molecule has 2 aliphatic rings. The Morgan fingerprint density at radius 1 is 1.15 bits per heavy atom. The highest BCUT2D eigenvalue weighted by atomic mass is 16.7. The van der Waals surface area contributed by atoms with E-state index in [0.29, 0.717) is 12.0 Å². The monoisotopic (exact) mass is 361 g/mol. The van der Waals surface area contributed by atoms with E-state index in [2.05, 4.69) is 0 Å². The SMILES string of the molecule is COC(=O)C1=C(C(=O)OC)C2(c3ccccc3)C(=O)OCCC(C)N2O1. The van der Waals surface area contributed by atoms with Crippen LogP contribution in [0.3, 0.4) is 0 Å². The minimum Gasteiger partial charge on any atom is -0.465 e. The lowest BCUT2D eigenvalue weighted by Gasteiger charge is -2.36. The van der Waals surface area contributed by atoms with Crippen LogP contribution in [0.25, 0.3) is 0 Å². The van der Waals surface area contributed by atoms with Crippen molar-refractivity contribution in [3.8, 4) is 0 Å². The lowest BCUT2D eigenvalue weighted by atomic mass is 9.81. The second kappa shape index (κ2) is 6.80. The molecular weight excluding hydrogens is 342 g/mol. The molecule has 2 heterocycles. The van der Waals surface area contributed by atoms with Gasteiger partial charge in [0.25, 0.3) is 0 Å². The average molecular weight is 361 g/mol. The first kappa shape index (κ1) is 17.9. The van der Waals surface area contributed by atoms with Crippen LogP contribution in [0.5, 0.6) is 0 Å². The highest BCUT2D eigenvalue weighted by Crippen LogP contribution is 2.48. The molecule has 2 atom stereocenters. The van der Waals surface area contributed by atoms with E-state index in [0.717, 1.165) is 14.2 Å². The summed E-state index contributed by atoms with van der Waals surface area (Å²) in [5.74, 6) is -2.85. The molecule has 0 aliphatic carbocycles. The first-order valence-corrected chi connectivity index (χ1v) is 8.09. The molecule has 0 N–H and O–H groups in total. The van der Waals surface area contributed by atoms with Crippen LogP contribution in [0, 0.1) is 0 Å². The Morgan fingerprint density at radius 2 is 1.81 bits per heavy atom. The van der Waals surface area contributed by atoms with E-state index in [4.69, 9.17) is 19.0 Å². The Labute approximate surface area is 150 Å². The van der Waals surface area contributed by atoms with Crippen molar-refractivity contribution in [3.05, 3.63) is 47.2 Å². The number of ether oxygens (including phenoxy) is 3. The maximum absolute atomic E-state index is 13.1. The Bertz CT molecular complexity index is 773. The van der Waals surface area contributed by atoms with Gasteiger partial charge in [-0.1, -0.05) is 30.3 Å². The average Bonchev–Trinajstić information content (AvgIpc) is 2.98. The smallest absolute Gasteiger partial charge is 0.376 e. The van der Waals surface area contributed by atoms with Crippen molar-refractivity contribution >= 4 is 17.9 Å². The van der Waals surface area contributed by atoms with Crippen LogP contribution in [0.15, 0.2) is 41.7 Å². The van der Waals surface area contributed by atoms with Gasteiger partial charge >= 0.3 is 17.9 Å². The maximum atomic E-state index is 13.1. The summed E-state index contributed by atoms with van der Waals surface area (Å²) in [7, 11) is 2.32. The summed E-state index contributed by atoms with van der Waals surface area (Å²) in [5.41, 5.74) is -1.58. The number of nitrogens with zero attached hydrogens (tertiary/aromatic N) is 1. The second-order valence-corrected chi connectivity index (χ2v) is 5.95. The molecule has 0 saturated carbocycles. The van der Waals surface area contributed by atoms with E-state index >= 15 is 0 Å². The van der Waals surface area contributed by atoms with Crippen molar-refractivity contribution in [3.63, 3.8) is 0 Å². The van der Waals surface area contributed by atoms with Gasteiger partial charge in [0.2, 0.25) is 11.3 Å². The fourth-order valence-corrected chi connectivity index (χ4v) is 3.29. The van der Waals surface area contributed by atoms with Gasteiger partial charge in [0.05, 0.1) is 20.8 Å². The van der Waals surface area contributed by atoms with E-state index in [9.17, 15) is 14.4 Å². The van der Waals surface area contributed by atoms with Crippen LogP contribution < -0.4 is 0 Å². The summed E-state index contributed by atoms with van der Waals surface area (Å²) >= 11 is 0. The van der Waals surface area contributed by atoms with E-state index in [1.807, 2.05) is 6.92 Å². The molecule has 0 amide bonds. The summed E-state index contributed by atoms with van der Waals surface area (Å²) in [6.07, 6.45) is 0.462. The summed E-state index contributed by atoms with van der Waals surface area (Å²) in [4.78, 5) is 43.7. The molecule has 1 fully saturated rings. The van der Waals surface area contributed by atoms with Gasteiger partial charge in [0, 0.05) is 12.5 Å². The van der Waals surface area contributed by atoms with Gasteiger partial charge in [-0.05, 0) is 12.5 Å². The molecule has 2 unspecified atom stereocenters. The van der Waals surface area contributed by atoms with Crippen LogP contribution in [0.4, 0.5) is 0 Å². The Balaban J connectivity index is 2.36. The number of hydrogen-bond donors (Lipinski definition) is 0. The van der Waals surface area contributed by atoms with Gasteiger partial charge in [0.15, 0.2) is 0 Å². The molecule has 0 spiro atoms. The number of fused-ring (bicyclic) bond motifs is 1. The standard InChI is InChI=1S/C18H19NO7/c1-11-9-10-25-17(22)18(12-7-5-4-6-8-12)13(15(20)23-2)14(16(21)24-3)26-19(11)18/h4-8,11H,9-10H2,1-3H3. The number of benzene rings is 1. The first-order chi connectivity index (χ1) is 12.5. The molecule has 0 radical (unpaired) electrons. The number of rotatable bonds is 3. The zero-order chi connectivity index (χ0) is 18.9. The minimum absolute atomic E-state index is 0.163. The van der Waals surface area contributed by atoms with Crippen molar-refractivity contribution < 1.29 is 33.4 Å². The predicted octanol–water partition coefficient (Wildman–Crippen LogP) is 1.06. The first-order valence-electron chi connectivity index (χ1n) is 8.09. The van der Waals surface area contributed by atoms with E-state index in [1.165, 1.54) is 5.06 Å². The lowest BCUT2D eigenvalue weighted by Crippen LogP contribution is -2.53. The van der Waals surface area contributed by atoms with Crippen LogP contribution >= 0.6 is 0 Å². The summed E-state index contributed by atoms with van der Waals surface area (Å²) in [6, 6.07) is 8.21. The lowest BCUT2D eigenvalue weighted by molar-refractivity contribution is -0.200. The highest BCUT2D eigenvalue weighted by molar-refractivity contribution is 6.08. The Morgan fingerprint density at radius 3 is 2.42 bits per heavy atom. The number of carbonyl (C=O) groups is 3. The summed E-state index contributed by atoms with van der Waals surface area (Å²) in [5, 5.41) is 1.33. The van der Waals surface area contributed by atoms with E-state index in [-0.39, 0.29) is 24.0 Å². The molecule has 1 saturated heterocycles. The molecule has 138 valence electrons. The number of carbonyl (C=O) groups excluding carboxylic acids is 3. The van der Waals surface area contributed by atoms with Crippen LogP contribution in [-0.4, -0.2) is 49.8 Å². The van der Waals surface area contributed by atoms with Crippen molar-refractivity contribution in [1.82, 2.24) is 5.06 Å². The fraction of sp³-hybridized carbons (Fsp3) is 0.389. The minimum atomic E-state index is -1.76. The van der Waals surface area contributed by atoms with Crippen LogP contribution in [-0.2, 0) is 39.0 Å². The van der Waals surface area contributed by atoms with Gasteiger partial charge in [-0.3, -0.25) is 0 Å².